The maximum atomic E-state index is 11.9. The molecule has 0 bridgehead atoms. The number of hydrogen-bond donors (Lipinski definition) is 1. The van der Waals surface area contributed by atoms with Gasteiger partial charge < -0.3 is 15.0 Å². The molecule has 1 N–H and O–H groups in total. The summed E-state index contributed by atoms with van der Waals surface area (Å²) >= 11 is 0. The lowest BCUT2D eigenvalue weighted by Gasteiger charge is -2.26. The smallest absolute Gasteiger partial charge is 0.237 e. The van der Waals surface area contributed by atoms with Gasteiger partial charge in [0.25, 0.3) is 0 Å². The van der Waals surface area contributed by atoms with Crippen LogP contribution in [0.2, 0.25) is 0 Å². The van der Waals surface area contributed by atoms with Crippen LogP contribution < -0.4 is 5.32 Å². The molecule has 1 saturated carbocycles. The monoisotopic (exact) mass is 250 g/mol. The van der Waals surface area contributed by atoms with Gasteiger partial charge in [0.15, 0.2) is 0 Å². The second-order valence-electron chi connectivity index (χ2n) is 4.30. The summed E-state index contributed by atoms with van der Waals surface area (Å²) in [5.74, 6) is 0.212. The van der Waals surface area contributed by atoms with Crippen molar-refractivity contribution in [2.75, 3.05) is 26.8 Å². The molecule has 0 aliphatic heterocycles. The van der Waals surface area contributed by atoms with Gasteiger partial charge in [0.2, 0.25) is 5.91 Å². The molecule has 96 valence electrons. The van der Waals surface area contributed by atoms with E-state index in [4.69, 9.17) is 4.74 Å². The Kier molecular flexibility index (Phi) is 7.72. The number of halogens is 1. The number of carbonyl (C=O) groups is 1. The van der Waals surface area contributed by atoms with Gasteiger partial charge in [0.05, 0.1) is 13.2 Å². The van der Waals surface area contributed by atoms with Crippen molar-refractivity contribution in [2.45, 2.75) is 38.8 Å². The lowest BCUT2D eigenvalue weighted by Crippen LogP contribution is -2.44. The molecular formula is C11H23ClN2O2. The summed E-state index contributed by atoms with van der Waals surface area (Å²) < 4.78 is 4.90. The van der Waals surface area contributed by atoms with Crippen LogP contribution in [0.1, 0.15) is 26.7 Å². The Balaban J connectivity index is 0.00000225. The van der Waals surface area contributed by atoms with E-state index < -0.39 is 0 Å². The van der Waals surface area contributed by atoms with Crippen LogP contribution in [0.15, 0.2) is 0 Å². The quantitative estimate of drug-likeness (QED) is 0.687. The number of carbonyl (C=O) groups excluding carboxylic acids is 1. The summed E-state index contributed by atoms with van der Waals surface area (Å²) in [4.78, 5) is 13.9. The molecule has 16 heavy (non-hydrogen) atoms. The highest BCUT2D eigenvalue weighted by Gasteiger charge is 2.33. The molecule has 0 saturated heterocycles. The highest BCUT2D eigenvalue weighted by atomic mass is 35.5. The Morgan fingerprint density at radius 3 is 2.56 bits per heavy atom. The van der Waals surface area contributed by atoms with Gasteiger partial charge in [-0.25, -0.2) is 0 Å². The van der Waals surface area contributed by atoms with Gasteiger partial charge in [0.1, 0.15) is 0 Å². The minimum absolute atomic E-state index is 0. The first-order chi connectivity index (χ1) is 7.16. The molecule has 1 fully saturated rings. The molecule has 1 aliphatic carbocycles. The zero-order valence-electron chi connectivity index (χ0n) is 10.4. The summed E-state index contributed by atoms with van der Waals surface area (Å²) in [5, 5.41) is 3.09. The molecule has 1 amide bonds. The maximum Gasteiger partial charge on any atom is 0.237 e. The lowest BCUT2D eigenvalue weighted by molar-refractivity contribution is -0.132. The number of hydrogen-bond acceptors (Lipinski definition) is 3. The molecular weight excluding hydrogens is 228 g/mol. The minimum atomic E-state index is 0. The Labute approximate surface area is 104 Å². The van der Waals surface area contributed by atoms with Crippen molar-refractivity contribution in [3.8, 4) is 0 Å². The van der Waals surface area contributed by atoms with E-state index in [2.05, 4.69) is 19.2 Å². The van der Waals surface area contributed by atoms with E-state index in [1.54, 1.807) is 7.11 Å². The topological polar surface area (TPSA) is 41.6 Å². The van der Waals surface area contributed by atoms with Gasteiger partial charge in [-0.3, -0.25) is 4.79 Å². The summed E-state index contributed by atoms with van der Waals surface area (Å²) in [6, 6.07) is 0.816. The van der Waals surface area contributed by atoms with E-state index in [9.17, 15) is 4.79 Å². The Morgan fingerprint density at radius 1 is 1.50 bits per heavy atom. The molecule has 5 heteroatoms. The van der Waals surface area contributed by atoms with Crippen LogP contribution in [0.25, 0.3) is 0 Å². The van der Waals surface area contributed by atoms with E-state index in [1.165, 1.54) is 12.8 Å². The molecule has 0 radical (unpaired) electrons. The second kappa shape index (κ2) is 7.87. The van der Waals surface area contributed by atoms with Gasteiger partial charge in [-0.2, -0.15) is 0 Å². The molecule has 1 aliphatic rings. The standard InChI is InChI=1S/C11H22N2O2.ClH/c1-9(2)13(10-4-5-10)11(14)8-12-6-7-15-3;/h9-10,12H,4-8H2,1-3H3;1H. The minimum Gasteiger partial charge on any atom is -0.383 e. The summed E-state index contributed by atoms with van der Waals surface area (Å²) in [5.41, 5.74) is 0. The highest BCUT2D eigenvalue weighted by molar-refractivity contribution is 5.85. The zero-order chi connectivity index (χ0) is 11.3. The first-order valence-electron chi connectivity index (χ1n) is 5.67. The Morgan fingerprint density at radius 2 is 2.12 bits per heavy atom. The highest BCUT2D eigenvalue weighted by Crippen LogP contribution is 2.28. The normalized spacial score (nSPS) is 14.8. The Hall–Kier alpha value is -0.320. The van der Waals surface area contributed by atoms with Crippen LogP contribution in [0.5, 0.6) is 0 Å². The molecule has 0 atom stereocenters. The van der Waals surface area contributed by atoms with Crippen LogP contribution in [-0.2, 0) is 9.53 Å². The number of amides is 1. The van der Waals surface area contributed by atoms with Gasteiger partial charge in [-0.05, 0) is 26.7 Å². The molecule has 0 aromatic heterocycles. The summed E-state index contributed by atoms with van der Waals surface area (Å²) in [6.45, 7) is 5.96. The fraction of sp³-hybridized carbons (Fsp3) is 0.909. The SMILES string of the molecule is COCCNCC(=O)N(C(C)C)C1CC1.Cl. The third-order valence-electron chi connectivity index (χ3n) is 2.54. The van der Waals surface area contributed by atoms with Crippen molar-refractivity contribution in [1.82, 2.24) is 10.2 Å². The van der Waals surface area contributed by atoms with E-state index >= 15 is 0 Å². The van der Waals surface area contributed by atoms with Crippen molar-refractivity contribution < 1.29 is 9.53 Å². The largest absolute Gasteiger partial charge is 0.383 e. The van der Waals surface area contributed by atoms with Crippen molar-refractivity contribution in [2.24, 2.45) is 0 Å². The average molecular weight is 251 g/mol. The van der Waals surface area contributed by atoms with E-state index in [1.807, 2.05) is 4.90 Å². The van der Waals surface area contributed by atoms with Crippen molar-refractivity contribution in [1.29, 1.82) is 0 Å². The van der Waals surface area contributed by atoms with Gasteiger partial charge in [-0.1, -0.05) is 0 Å². The number of methoxy groups -OCH3 is 1. The van der Waals surface area contributed by atoms with Crippen LogP contribution in [0.4, 0.5) is 0 Å². The fourth-order valence-corrected chi connectivity index (χ4v) is 1.73. The van der Waals surface area contributed by atoms with Gasteiger partial charge in [-0.15, -0.1) is 12.4 Å². The second-order valence-corrected chi connectivity index (χ2v) is 4.30. The van der Waals surface area contributed by atoms with Crippen LogP contribution in [-0.4, -0.2) is 49.7 Å². The molecule has 0 unspecified atom stereocenters. The Bertz CT molecular complexity index is 206. The van der Waals surface area contributed by atoms with Crippen molar-refractivity contribution in [3.63, 3.8) is 0 Å². The molecule has 0 aromatic carbocycles. The van der Waals surface area contributed by atoms with Crippen LogP contribution in [0.3, 0.4) is 0 Å². The summed E-state index contributed by atoms with van der Waals surface area (Å²) in [6.07, 6.45) is 2.34. The lowest BCUT2D eigenvalue weighted by atomic mass is 10.3. The number of rotatable bonds is 7. The van der Waals surface area contributed by atoms with Gasteiger partial charge in [0, 0.05) is 25.7 Å². The fourth-order valence-electron chi connectivity index (χ4n) is 1.73. The predicted octanol–water partition coefficient (Wildman–Crippen LogP) is 1.04. The molecule has 0 heterocycles. The number of ether oxygens (including phenoxy) is 1. The van der Waals surface area contributed by atoms with E-state index in [0.717, 1.165) is 6.54 Å². The molecule has 0 aromatic rings. The first-order valence-corrected chi connectivity index (χ1v) is 5.67. The third-order valence-corrected chi connectivity index (χ3v) is 2.54. The number of nitrogens with zero attached hydrogens (tertiary/aromatic N) is 1. The first kappa shape index (κ1) is 15.7. The number of nitrogens with one attached hydrogen (secondary N) is 1. The van der Waals surface area contributed by atoms with Crippen molar-refractivity contribution >= 4 is 18.3 Å². The maximum absolute atomic E-state index is 11.9. The predicted molar refractivity (Wildman–Crippen MR) is 67.0 cm³/mol. The molecule has 1 rings (SSSR count). The zero-order valence-corrected chi connectivity index (χ0v) is 11.2. The van der Waals surface area contributed by atoms with Crippen LogP contribution in [0, 0.1) is 0 Å². The molecule has 4 nitrogen and oxygen atoms in total. The average Bonchev–Trinajstić information content (AvgIpc) is 2.96. The van der Waals surface area contributed by atoms with Crippen LogP contribution >= 0.6 is 12.4 Å². The van der Waals surface area contributed by atoms with E-state index in [0.29, 0.717) is 25.2 Å². The van der Waals surface area contributed by atoms with Crippen molar-refractivity contribution in [3.05, 3.63) is 0 Å². The van der Waals surface area contributed by atoms with E-state index in [-0.39, 0.29) is 18.3 Å². The molecule has 0 spiro atoms. The summed E-state index contributed by atoms with van der Waals surface area (Å²) in [7, 11) is 1.66. The third kappa shape index (κ3) is 5.14. The van der Waals surface area contributed by atoms with Gasteiger partial charge >= 0.3 is 0 Å².